The topological polar surface area (TPSA) is 76.8 Å². The highest BCUT2D eigenvalue weighted by Crippen LogP contribution is 2.24. The van der Waals surface area contributed by atoms with Gasteiger partial charge in [-0.3, -0.25) is 9.69 Å². The van der Waals surface area contributed by atoms with Crippen molar-refractivity contribution in [2.45, 2.75) is 45.3 Å². The molecule has 0 radical (unpaired) electrons. The van der Waals surface area contributed by atoms with E-state index >= 15 is 0 Å². The second kappa shape index (κ2) is 9.06. The molecule has 1 heterocycles. The minimum atomic E-state index is -0.429. The number of nitrogens with two attached hydrogens (primary N) is 1. The Hall–Kier alpha value is -1.79. The van der Waals surface area contributed by atoms with Crippen LogP contribution in [-0.2, 0) is 11.3 Å². The lowest BCUT2D eigenvalue weighted by molar-refractivity contribution is -0.124. The van der Waals surface area contributed by atoms with E-state index in [1.807, 2.05) is 25.1 Å². The molecular formula is C19H31N3O3. The van der Waals surface area contributed by atoms with Crippen molar-refractivity contribution in [3.05, 3.63) is 23.8 Å². The second-order valence-corrected chi connectivity index (χ2v) is 6.86. The van der Waals surface area contributed by atoms with Crippen LogP contribution in [0.15, 0.2) is 18.2 Å². The van der Waals surface area contributed by atoms with Crippen LogP contribution in [0.5, 0.6) is 11.5 Å². The van der Waals surface area contributed by atoms with Gasteiger partial charge in [0, 0.05) is 31.7 Å². The summed E-state index contributed by atoms with van der Waals surface area (Å²) in [6.07, 6.45) is 1.85. The highest BCUT2D eigenvalue weighted by atomic mass is 16.5. The predicted molar refractivity (Wildman–Crippen MR) is 98.8 cm³/mol. The van der Waals surface area contributed by atoms with Gasteiger partial charge in [-0.05, 0) is 30.0 Å². The van der Waals surface area contributed by atoms with Crippen LogP contribution in [-0.4, -0.2) is 50.2 Å². The number of hydrogen-bond donors (Lipinski definition) is 2. The van der Waals surface area contributed by atoms with Gasteiger partial charge in [0.15, 0.2) is 0 Å². The lowest BCUT2D eigenvalue weighted by atomic mass is 9.99. The van der Waals surface area contributed by atoms with Crippen molar-refractivity contribution in [3.63, 3.8) is 0 Å². The van der Waals surface area contributed by atoms with Crippen molar-refractivity contribution >= 4 is 5.91 Å². The van der Waals surface area contributed by atoms with Crippen molar-refractivity contribution in [3.8, 4) is 11.5 Å². The van der Waals surface area contributed by atoms with E-state index in [1.54, 1.807) is 14.2 Å². The molecule has 1 amide bonds. The van der Waals surface area contributed by atoms with Crippen LogP contribution in [0.4, 0.5) is 0 Å². The summed E-state index contributed by atoms with van der Waals surface area (Å²) >= 11 is 0. The van der Waals surface area contributed by atoms with E-state index in [9.17, 15) is 4.79 Å². The lowest BCUT2D eigenvalue weighted by Gasteiger charge is -2.21. The van der Waals surface area contributed by atoms with Crippen molar-refractivity contribution in [1.82, 2.24) is 10.2 Å². The third-order valence-corrected chi connectivity index (χ3v) is 5.00. The van der Waals surface area contributed by atoms with Crippen LogP contribution < -0.4 is 20.5 Å². The fraction of sp³-hybridized carbons (Fsp3) is 0.632. The SMILES string of the molecule is CCC(C)C(N)C(=O)NC1CCN(Cc2cc(OC)cc(OC)c2)C1. The molecule has 1 aliphatic rings. The first kappa shape index (κ1) is 19.5. The number of rotatable bonds is 8. The summed E-state index contributed by atoms with van der Waals surface area (Å²) in [5.74, 6) is 1.74. The van der Waals surface area contributed by atoms with Gasteiger partial charge in [-0.25, -0.2) is 0 Å². The highest BCUT2D eigenvalue weighted by molar-refractivity contribution is 5.82. The van der Waals surface area contributed by atoms with Gasteiger partial charge in [0.25, 0.3) is 0 Å². The molecular weight excluding hydrogens is 318 g/mol. The number of hydrogen-bond acceptors (Lipinski definition) is 5. The largest absolute Gasteiger partial charge is 0.497 e. The van der Waals surface area contributed by atoms with E-state index in [0.29, 0.717) is 0 Å². The summed E-state index contributed by atoms with van der Waals surface area (Å²) in [7, 11) is 3.31. The quantitative estimate of drug-likeness (QED) is 0.748. The summed E-state index contributed by atoms with van der Waals surface area (Å²) < 4.78 is 10.7. The average molecular weight is 349 g/mol. The molecule has 1 aromatic rings. The Morgan fingerprint density at radius 2 is 1.96 bits per heavy atom. The molecule has 1 aromatic carbocycles. The summed E-state index contributed by atoms with van der Waals surface area (Å²) in [5.41, 5.74) is 7.16. The molecule has 6 heteroatoms. The smallest absolute Gasteiger partial charge is 0.237 e. The van der Waals surface area contributed by atoms with Crippen LogP contribution in [0.3, 0.4) is 0 Å². The highest BCUT2D eigenvalue weighted by Gasteiger charge is 2.27. The van der Waals surface area contributed by atoms with Crippen LogP contribution in [0, 0.1) is 5.92 Å². The number of likely N-dealkylation sites (tertiary alicyclic amines) is 1. The predicted octanol–water partition coefficient (Wildman–Crippen LogP) is 1.77. The summed E-state index contributed by atoms with van der Waals surface area (Å²) in [6, 6.07) is 5.64. The van der Waals surface area contributed by atoms with Crippen LogP contribution in [0.1, 0.15) is 32.3 Å². The van der Waals surface area contributed by atoms with Gasteiger partial charge in [0.1, 0.15) is 11.5 Å². The molecule has 6 nitrogen and oxygen atoms in total. The zero-order valence-corrected chi connectivity index (χ0v) is 15.7. The van der Waals surface area contributed by atoms with Crippen LogP contribution in [0.2, 0.25) is 0 Å². The van der Waals surface area contributed by atoms with Gasteiger partial charge in [-0.15, -0.1) is 0 Å². The molecule has 140 valence electrons. The lowest BCUT2D eigenvalue weighted by Crippen LogP contribution is -2.48. The molecule has 0 saturated carbocycles. The molecule has 3 N–H and O–H groups in total. The Morgan fingerprint density at radius 3 is 2.52 bits per heavy atom. The molecule has 25 heavy (non-hydrogen) atoms. The maximum Gasteiger partial charge on any atom is 0.237 e. The standard InChI is InChI=1S/C19H31N3O3/c1-5-13(2)18(20)19(23)21-15-6-7-22(12-15)11-14-8-16(24-3)10-17(9-14)25-4/h8-10,13,15,18H,5-7,11-12,20H2,1-4H3,(H,21,23). The van der Waals surface area contributed by atoms with Gasteiger partial charge in [0.2, 0.25) is 5.91 Å². The Bertz CT molecular complexity index is 557. The number of carbonyl (C=O) groups excluding carboxylic acids is 1. The molecule has 0 bridgehead atoms. The number of amides is 1. The Kier molecular flexibility index (Phi) is 7.08. The molecule has 1 saturated heterocycles. The zero-order valence-electron chi connectivity index (χ0n) is 15.7. The molecule has 3 unspecified atom stereocenters. The number of benzene rings is 1. The van der Waals surface area contributed by atoms with E-state index < -0.39 is 6.04 Å². The zero-order chi connectivity index (χ0) is 18.4. The van der Waals surface area contributed by atoms with Crippen LogP contribution in [0.25, 0.3) is 0 Å². The summed E-state index contributed by atoms with van der Waals surface area (Å²) in [5, 5.41) is 3.10. The van der Waals surface area contributed by atoms with Gasteiger partial charge < -0.3 is 20.5 Å². The first-order valence-corrected chi connectivity index (χ1v) is 8.97. The molecule has 2 rings (SSSR count). The van der Waals surface area contributed by atoms with E-state index in [-0.39, 0.29) is 17.9 Å². The van der Waals surface area contributed by atoms with E-state index in [2.05, 4.69) is 17.1 Å². The monoisotopic (exact) mass is 349 g/mol. The Morgan fingerprint density at radius 1 is 1.32 bits per heavy atom. The first-order chi connectivity index (χ1) is 12.0. The van der Waals surface area contributed by atoms with E-state index in [1.165, 1.54) is 0 Å². The van der Waals surface area contributed by atoms with Gasteiger partial charge in [-0.1, -0.05) is 20.3 Å². The second-order valence-electron chi connectivity index (χ2n) is 6.86. The maximum absolute atomic E-state index is 12.2. The fourth-order valence-corrected chi connectivity index (χ4v) is 3.12. The van der Waals surface area contributed by atoms with Crippen molar-refractivity contribution in [2.24, 2.45) is 11.7 Å². The summed E-state index contributed by atoms with van der Waals surface area (Å²) in [4.78, 5) is 14.6. The van der Waals surface area contributed by atoms with Crippen molar-refractivity contribution in [2.75, 3.05) is 27.3 Å². The van der Waals surface area contributed by atoms with E-state index in [0.717, 1.165) is 49.5 Å². The minimum Gasteiger partial charge on any atom is -0.497 e. The van der Waals surface area contributed by atoms with Gasteiger partial charge >= 0.3 is 0 Å². The average Bonchev–Trinajstić information content (AvgIpc) is 3.06. The minimum absolute atomic E-state index is 0.0377. The number of nitrogens with zero attached hydrogens (tertiary/aromatic N) is 1. The summed E-state index contributed by atoms with van der Waals surface area (Å²) in [6.45, 7) is 6.65. The number of carbonyl (C=O) groups is 1. The van der Waals surface area contributed by atoms with Gasteiger partial charge in [0.05, 0.1) is 20.3 Å². The first-order valence-electron chi connectivity index (χ1n) is 8.97. The fourth-order valence-electron chi connectivity index (χ4n) is 3.12. The molecule has 3 atom stereocenters. The van der Waals surface area contributed by atoms with Gasteiger partial charge in [-0.2, -0.15) is 0 Å². The molecule has 1 aliphatic heterocycles. The number of nitrogens with one attached hydrogen (secondary N) is 1. The maximum atomic E-state index is 12.2. The normalized spacial score (nSPS) is 20.1. The Labute approximate surface area is 150 Å². The molecule has 1 fully saturated rings. The Balaban J connectivity index is 1.90. The third kappa shape index (κ3) is 5.34. The molecule has 0 aromatic heterocycles. The molecule has 0 aliphatic carbocycles. The molecule has 0 spiro atoms. The van der Waals surface area contributed by atoms with Crippen molar-refractivity contribution in [1.29, 1.82) is 0 Å². The van der Waals surface area contributed by atoms with Crippen LogP contribution >= 0.6 is 0 Å². The number of methoxy groups -OCH3 is 2. The number of ether oxygens (including phenoxy) is 2. The van der Waals surface area contributed by atoms with Crippen molar-refractivity contribution < 1.29 is 14.3 Å². The van der Waals surface area contributed by atoms with E-state index in [4.69, 9.17) is 15.2 Å². The third-order valence-electron chi connectivity index (χ3n) is 5.00.